The minimum absolute atomic E-state index is 0.915. The van der Waals surface area contributed by atoms with Gasteiger partial charge in [-0.2, -0.15) is 5.10 Å². The Morgan fingerprint density at radius 3 is 2.88 bits per heavy atom. The molecule has 0 spiro atoms. The number of pyridine rings is 1. The van der Waals surface area contributed by atoms with E-state index in [0.717, 1.165) is 21.5 Å². The molecule has 0 aliphatic rings. The van der Waals surface area contributed by atoms with Crippen molar-refractivity contribution in [2.75, 3.05) is 0 Å². The summed E-state index contributed by atoms with van der Waals surface area (Å²) >= 11 is 3.49. The van der Waals surface area contributed by atoms with Gasteiger partial charge in [-0.05, 0) is 34.1 Å². The third-order valence-corrected chi connectivity index (χ3v) is 3.14. The lowest BCUT2D eigenvalue weighted by Gasteiger charge is -1.94. The van der Waals surface area contributed by atoms with Gasteiger partial charge < -0.3 is 4.40 Å². The molecule has 0 aliphatic carbocycles. The van der Waals surface area contributed by atoms with Gasteiger partial charge in [0.1, 0.15) is 5.69 Å². The lowest BCUT2D eigenvalue weighted by Crippen LogP contribution is -1.92. The van der Waals surface area contributed by atoms with Gasteiger partial charge in [0, 0.05) is 25.6 Å². The third-order valence-electron chi connectivity index (χ3n) is 2.52. The largest absolute Gasteiger partial charge is 0.305 e. The number of halogens is 1. The maximum Gasteiger partial charge on any atom is 0.151 e. The molecule has 0 atom stereocenters. The first-order valence-electron chi connectivity index (χ1n) is 4.87. The van der Waals surface area contributed by atoms with Crippen LogP contribution in [-0.4, -0.2) is 19.2 Å². The summed E-state index contributed by atoms with van der Waals surface area (Å²) in [6.07, 6.45) is 5.75. The first kappa shape index (κ1) is 9.59. The highest BCUT2D eigenvalue weighted by Crippen LogP contribution is 2.22. The van der Waals surface area contributed by atoms with Gasteiger partial charge in [-0.25, -0.2) is 4.98 Å². The summed E-state index contributed by atoms with van der Waals surface area (Å²) in [6.45, 7) is 0. The Kier molecular flexibility index (Phi) is 2.07. The summed E-state index contributed by atoms with van der Waals surface area (Å²) in [6, 6.07) is 5.91. The molecule has 3 heterocycles. The van der Waals surface area contributed by atoms with E-state index >= 15 is 0 Å². The SMILES string of the molecule is Cn1nccc1-c1cn2cccc(Br)c2n1. The fourth-order valence-corrected chi connectivity index (χ4v) is 2.17. The van der Waals surface area contributed by atoms with Gasteiger partial charge >= 0.3 is 0 Å². The molecule has 3 rings (SSSR count). The van der Waals surface area contributed by atoms with Gasteiger partial charge in [0.15, 0.2) is 5.65 Å². The zero-order valence-corrected chi connectivity index (χ0v) is 10.2. The van der Waals surface area contributed by atoms with Crippen molar-refractivity contribution in [1.82, 2.24) is 19.2 Å². The summed E-state index contributed by atoms with van der Waals surface area (Å²) < 4.78 is 4.80. The van der Waals surface area contributed by atoms with Crippen LogP contribution < -0.4 is 0 Å². The van der Waals surface area contributed by atoms with Crippen molar-refractivity contribution in [3.05, 3.63) is 41.3 Å². The third kappa shape index (κ3) is 1.36. The quantitative estimate of drug-likeness (QED) is 0.685. The Bertz CT molecular complexity index is 653. The highest BCUT2D eigenvalue weighted by Gasteiger charge is 2.08. The van der Waals surface area contributed by atoms with Gasteiger partial charge in [0.05, 0.1) is 10.2 Å². The predicted octanol–water partition coefficient (Wildman–Crippen LogP) is 2.50. The van der Waals surface area contributed by atoms with Gasteiger partial charge in [0.25, 0.3) is 0 Å². The van der Waals surface area contributed by atoms with Crippen LogP contribution in [0.5, 0.6) is 0 Å². The number of imidazole rings is 1. The number of aromatic nitrogens is 4. The Hall–Kier alpha value is -1.62. The van der Waals surface area contributed by atoms with Crippen LogP contribution in [0.25, 0.3) is 17.0 Å². The second-order valence-corrected chi connectivity index (χ2v) is 4.41. The topological polar surface area (TPSA) is 35.1 Å². The van der Waals surface area contributed by atoms with Crippen molar-refractivity contribution >= 4 is 21.6 Å². The molecule has 0 saturated heterocycles. The number of rotatable bonds is 1. The number of aryl methyl sites for hydroxylation is 1. The Labute approximate surface area is 101 Å². The fourth-order valence-electron chi connectivity index (χ4n) is 1.73. The number of hydrogen-bond donors (Lipinski definition) is 0. The number of nitrogens with zero attached hydrogens (tertiary/aromatic N) is 4. The Morgan fingerprint density at radius 2 is 2.19 bits per heavy atom. The molecule has 3 aromatic rings. The fraction of sp³-hybridized carbons (Fsp3) is 0.0909. The number of hydrogen-bond acceptors (Lipinski definition) is 2. The van der Waals surface area contributed by atoms with Crippen LogP contribution in [0.2, 0.25) is 0 Å². The number of fused-ring (bicyclic) bond motifs is 1. The zero-order chi connectivity index (χ0) is 11.1. The molecule has 4 nitrogen and oxygen atoms in total. The van der Waals surface area contributed by atoms with E-state index in [1.165, 1.54) is 0 Å². The maximum absolute atomic E-state index is 4.57. The molecule has 0 bridgehead atoms. The van der Waals surface area contributed by atoms with Crippen molar-refractivity contribution in [3.63, 3.8) is 0 Å². The second-order valence-electron chi connectivity index (χ2n) is 3.55. The first-order valence-corrected chi connectivity index (χ1v) is 5.66. The predicted molar refractivity (Wildman–Crippen MR) is 65.1 cm³/mol. The maximum atomic E-state index is 4.57. The molecule has 0 unspecified atom stereocenters. The van der Waals surface area contributed by atoms with Crippen molar-refractivity contribution in [2.24, 2.45) is 7.05 Å². The minimum Gasteiger partial charge on any atom is -0.305 e. The summed E-state index contributed by atoms with van der Waals surface area (Å²) in [5.74, 6) is 0. The molecule has 0 amide bonds. The van der Waals surface area contributed by atoms with Gasteiger partial charge in [-0.15, -0.1) is 0 Å². The van der Waals surface area contributed by atoms with Crippen molar-refractivity contribution in [2.45, 2.75) is 0 Å². The molecular formula is C11H9BrN4. The van der Waals surface area contributed by atoms with E-state index in [9.17, 15) is 0 Å². The van der Waals surface area contributed by atoms with Crippen LogP contribution in [0.1, 0.15) is 0 Å². The normalized spacial score (nSPS) is 11.1. The van der Waals surface area contributed by atoms with Crippen LogP contribution in [0.15, 0.2) is 41.3 Å². The lowest BCUT2D eigenvalue weighted by molar-refractivity contribution is 0.774. The van der Waals surface area contributed by atoms with E-state index < -0.39 is 0 Å². The van der Waals surface area contributed by atoms with E-state index in [1.807, 2.05) is 46.7 Å². The standard InChI is InChI=1S/C11H9BrN4/c1-15-10(4-5-13-15)9-7-16-6-2-3-8(12)11(16)14-9/h2-7H,1H3. The average molecular weight is 277 g/mol. The Balaban J connectivity index is 2.27. The summed E-state index contributed by atoms with van der Waals surface area (Å²) in [4.78, 5) is 4.57. The van der Waals surface area contributed by atoms with Gasteiger partial charge in [-0.3, -0.25) is 4.68 Å². The summed E-state index contributed by atoms with van der Waals surface area (Å²) in [5.41, 5.74) is 2.85. The molecule has 3 aromatic heterocycles. The van der Waals surface area contributed by atoms with Crippen molar-refractivity contribution < 1.29 is 0 Å². The molecule has 0 N–H and O–H groups in total. The molecule has 5 heteroatoms. The van der Waals surface area contributed by atoms with E-state index in [4.69, 9.17) is 0 Å². The minimum atomic E-state index is 0.915. The highest BCUT2D eigenvalue weighted by molar-refractivity contribution is 9.10. The summed E-state index contributed by atoms with van der Waals surface area (Å²) in [7, 11) is 1.91. The molecule has 0 aliphatic heterocycles. The van der Waals surface area contributed by atoms with Crippen LogP contribution in [0.3, 0.4) is 0 Å². The highest BCUT2D eigenvalue weighted by atomic mass is 79.9. The average Bonchev–Trinajstić information content (AvgIpc) is 2.84. The molecule has 0 fully saturated rings. The van der Waals surface area contributed by atoms with Crippen molar-refractivity contribution in [1.29, 1.82) is 0 Å². The van der Waals surface area contributed by atoms with E-state index in [1.54, 1.807) is 6.20 Å². The smallest absolute Gasteiger partial charge is 0.151 e. The van der Waals surface area contributed by atoms with E-state index in [2.05, 4.69) is 26.0 Å². The van der Waals surface area contributed by atoms with Crippen LogP contribution in [-0.2, 0) is 7.05 Å². The van der Waals surface area contributed by atoms with Crippen LogP contribution in [0.4, 0.5) is 0 Å². The molecule has 0 saturated carbocycles. The Morgan fingerprint density at radius 1 is 1.31 bits per heavy atom. The summed E-state index contributed by atoms with van der Waals surface area (Å²) in [5, 5.41) is 4.14. The van der Waals surface area contributed by atoms with Crippen molar-refractivity contribution in [3.8, 4) is 11.4 Å². The lowest BCUT2D eigenvalue weighted by atomic mass is 10.3. The van der Waals surface area contributed by atoms with E-state index in [-0.39, 0.29) is 0 Å². The molecule has 0 radical (unpaired) electrons. The van der Waals surface area contributed by atoms with Gasteiger partial charge in [0.2, 0.25) is 0 Å². The molecule has 16 heavy (non-hydrogen) atoms. The van der Waals surface area contributed by atoms with Crippen LogP contribution >= 0.6 is 15.9 Å². The van der Waals surface area contributed by atoms with Crippen LogP contribution in [0, 0.1) is 0 Å². The van der Waals surface area contributed by atoms with E-state index in [0.29, 0.717) is 0 Å². The zero-order valence-electron chi connectivity index (χ0n) is 8.63. The molecular weight excluding hydrogens is 268 g/mol. The first-order chi connectivity index (χ1) is 7.75. The molecule has 0 aromatic carbocycles. The monoisotopic (exact) mass is 276 g/mol. The van der Waals surface area contributed by atoms with Gasteiger partial charge in [-0.1, -0.05) is 0 Å². The second kappa shape index (κ2) is 3.45. The molecule has 80 valence electrons.